The van der Waals surface area contributed by atoms with Crippen LogP contribution in [0.15, 0.2) is 54.0 Å². The number of hydrogen-bond donors (Lipinski definition) is 2. The molecule has 0 aliphatic heterocycles. The zero-order valence-electron chi connectivity index (χ0n) is 21.7. The third-order valence-electron chi connectivity index (χ3n) is 6.73. The number of carbonyl (C=O) groups is 1. The van der Waals surface area contributed by atoms with E-state index < -0.39 is 36.9 Å². The molecule has 2 N–H and O–H groups in total. The Morgan fingerprint density at radius 3 is 2.50 bits per heavy atom. The van der Waals surface area contributed by atoms with Crippen LogP contribution in [-0.4, -0.2) is 39.0 Å². The summed E-state index contributed by atoms with van der Waals surface area (Å²) < 4.78 is 43.5. The van der Waals surface area contributed by atoms with Crippen molar-refractivity contribution in [2.45, 2.75) is 38.5 Å². The minimum Gasteiger partial charge on any atom is -0.503 e. The predicted octanol–water partition coefficient (Wildman–Crippen LogP) is 7.07. The van der Waals surface area contributed by atoms with Crippen molar-refractivity contribution in [1.29, 1.82) is 0 Å². The van der Waals surface area contributed by atoms with Crippen molar-refractivity contribution in [2.75, 3.05) is 6.61 Å². The van der Waals surface area contributed by atoms with Gasteiger partial charge in [0.15, 0.2) is 17.2 Å². The summed E-state index contributed by atoms with van der Waals surface area (Å²) in [5, 5.41) is 24.2. The van der Waals surface area contributed by atoms with Crippen molar-refractivity contribution < 1.29 is 38.0 Å². The Hall–Kier alpha value is -4.16. The van der Waals surface area contributed by atoms with Gasteiger partial charge in [0.25, 0.3) is 0 Å². The summed E-state index contributed by atoms with van der Waals surface area (Å²) in [5.41, 5.74) is 1.05. The summed E-state index contributed by atoms with van der Waals surface area (Å²) in [6.07, 6.45) is 3.60. The van der Waals surface area contributed by atoms with Crippen molar-refractivity contribution in [1.82, 2.24) is 9.55 Å². The van der Waals surface area contributed by atoms with Gasteiger partial charge in [0.1, 0.15) is 18.3 Å². The Kier molecular flexibility index (Phi) is 8.64. The number of ether oxygens (including phenoxy) is 3. The van der Waals surface area contributed by atoms with Gasteiger partial charge in [0, 0.05) is 24.2 Å². The molecule has 1 atom stereocenters. The van der Waals surface area contributed by atoms with E-state index in [2.05, 4.69) is 14.9 Å². The van der Waals surface area contributed by atoms with E-state index in [9.17, 15) is 28.7 Å². The lowest BCUT2D eigenvalue weighted by Gasteiger charge is -2.22. The molecule has 2 aromatic heterocycles. The Bertz CT molecular complexity index is 1630. The molecule has 1 unspecified atom stereocenters. The molecule has 0 amide bonds. The van der Waals surface area contributed by atoms with Crippen molar-refractivity contribution >= 4 is 45.8 Å². The molecule has 0 spiro atoms. The molecule has 4 aromatic rings. The summed E-state index contributed by atoms with van der Waals surface area (Å²) in [5.74, 6) is -1.81. The fourth-order valence-corrected chi connectivity index (χ4v) is 4.94. The van der Waals surface area contributed by atoms with Crippen LogP contribution in [0.1, 0.15) is 30.1 Å². The number of hydrogen-bond acceptors (Lipinski definition) is 9. The highest BCUT2D eigenvalue weighted by molar-refractivity contribution is 6.35. The number of alkyl halides is 2. The van der Waals surface area contributed by atoms with Crippen LogP contribution in [0.2, 0.25) is 10.0 Å². The van der Waals surface area contributed by atoms with Crippen LogP contribution in [0.4, 0.5) is 14.5 Å². The molecule has 2 heterocycles. The molecular formula is C28H23Cl2F2N3O7. The minimum atomic E-state index is -3.08. The van der Waals surface area contributed by atoms with E-state index in [-0.39, 0.29) is 44.6 Å². The van der Waals surface area contributed by atoms with Gasteiger partial charge in [0.2, 0.25) is 5.88 Å². The Morgan fingerprint density at radius 2 is 1.83 bits per heavy atom. The topological polar surface area (TPSA) is 132 Å². The number of pyridine rings is 1. The second-order valence-corrected chi connectivity index (χ2v) is 10.5. The highest BCUT2D eigenvalue weighted by atomic mass is 35.5. The maximum atomic E-state index is 13.3. The zero-order chi connectivity index (χ0) is 30.0. The molecule has 10 nitrogen and oxygen atoms in total. The molecule has 220 valence electrons. The predicted molar refractivity (Wildman–Crippen MR) is 149 cm³/mol. The van der Waals surface area contributed by atoms with Crippen LogP contribution in [0.3, 0.4) is 0 Å². The third kappa shape index (κ3) is 6.50. The van der Waals surface area contributed by atoms with E-state index >= 15 is 0 Å². The van der Waals surface area contributed by atoms with E-state index in [1.807, 2.05) is 0 Å². The lowest BCUT2D eigenvalue weighted by atomic mass is 10.0. The van der Waals surface area contributed by atoms with Crippen molar-refractivity contribution in [3.63, 3.8) is 0 Å². The molecular weight excluding hydrogens is 599 g/mol. The maximum absolute atomic E-state index is 13.3. The summed E-state index contributed by atoms with van der Waals surface area (Å²) in [6.45, 7) is -3.32. The van der Waals surface area contributed by atoms with Gasteiger partial charge in [-0.1, -0.05) is 29.3 Å². The number of aromatic hydroxyl groups is 2. The van der Waals surface area contributed by atoms with Crippen LogP contribution in [-0.2, 0) is 22.5 Å². The average molecular weight is 622 g/mol. The van der Waals surface area contributed by atoms with Gasteiger partial charge in [-0.3, -0.25) is 14.3 Å². The lowest BCUT2D eigenvalue weighted by Crippen LogP contribution is -2.19. The number of nitroso groups, excluding NO2 is 1. The summed E-state index contributed by atoms with van der Waals surface area (Å²) in [6, 6.07) is 8.23. The monoisotopic (exact) mass is 621 g/mol. The Labute approximate surface area is 247 Å². The Balaban J connectivity index is 1.47. The second kappa shape index (κ2) is 12.4. The molecule has 0 bridgehead atoms. The normalized spacial score (nSPS) is 13.7. The smallest absolute Gasteiger partial charge is 0.387 e. The number of aromatic nitrogens is 2. The number of carbonyl (C=O) groups excluding carboxylic acids is 1. The Morgan fingerprint density at radius 1 is 1.10 bits per heavy atom. The SMILES string of the molecule is O=Nc1ccc2c(c1)c(O)c(O)n2CC(=O)OC(Cc1c(Cl)cncc1Cl)c1ccc(OC(F)F)c(OCC2CC2)c1. The fourth-order valence-electron chi connectivity index (χ4n) is 4.42. The van der Waals surface area contributed by atoms with E-state index in [4.69, 9.17) is 32.7 Å². The van der Waals surface area contributed by atoms with Gasteiger partial charge in [-0.15, -0.1) is 4.91 Å². The van der Waals surface area contributed by atoms with Crippen LogP contribution < -0.4 is 9.47 Å². The number of nitrogens with zero attached hydrogens (tertiary/aromatic N) is 3. The number of esters is 1. The molecule has 1 aliphatic rings. The first-order valence-electron chi connectivity index (χ1n) is 12.7. The van der Waals surface area contributed by atoms with E-state index in [0.717, 1.165) is 17.4 Å². The van der Waals surface area contributed by atoms with E-state index in [0.29, 0.717) is 23.7 Å². The van der Waals surface area contributed by atoms with Gasteiger partial charge in [0.05, 0.1) is 22.2 Å². The largest absolute Gasteiger partial charge is 0.503 e. The summed E-state index contributed by atoms with van der Waals surface area (Å²) in [7, 11) is 0. The van der Waals surface area contributed by atoms with Crippen LogP contribution >= 0.6 is 23.2 Å². The summed E-state index contributed by atoms with van der Waals surface area (Å²) in [4.78, 5) is 28.1. The maximum Gasteiger partial charge on any atom is 0.387 e. The quantitative estimate of drug-likeness (QED) is 0.127. The number of fused-ring (bicyclic) bond motifs is 1. The molecule has 1 saturated carbocycles. The average Bonchev–Trinajstić information content (AvgIpc) is 3.76. The third-order valence-corrected chi connectivity index (χ3v) is 7.38. The molecule has 14 heteroatoms. The van der Waals surface area contributed by atoms with Crippen molar-refractivity contribution in [3.8, 4) is 23.1 Å². The molecule has 1 fully saturated rings. The summed E-state index contributed by atoms with van der Waals surface area (Å²) >= 11 is 12.7. The van der Waals surface area contributed by atoms with Crippen molar-refractivity contribution in [3.05, 3.63) is 74.9 Å². The van der Waals surface area contributed by atoms with Gasteiger partial charge < -0.3 is 24.4 Å². The van der Waals surface area contributed by atoms with Gasteiger partial charge >= 0.3 is 12.6 Å². The van der Waals surface area contributed by atoms with Crippen LogP contribution in [0, 0.1) is 10.8 Å². The standard InChI is InChI=1S/C28H23Cl2F2N3O7/c29-19-10-33-11-20(30)17(19)9-23(15-3-6-22(42-28(31)32)24(7-15)40-13-14-1-2-14)41-25(36)12-35-21-5-4-16(34-39)8-18(21)26(37)27(35)38/h3-8,10-11,14,23,28,37-38H,1-2,9,12-13H2. The van der Waals surface area contributed by atoms with Gasteiger partial charge in [-0.25, -0.2) is 0 Å². The van der Waals surface area contributed by atoms with E-state index in [1.165, 1.54) is 48.8 Å². The first kappa shape index (κ1) is 29.3. The first-order chi connectivity index (χ1) is 20.1. The lowest BCUT2D eigenvalue weighted by molar-refractivity contribution is -0.150. The first-order valence-corrected chi connectivity index (χ1v) is 13.5. The van der Waals surface area contributed by atoms with Crippen LogP contribution in [0.5, 0.6) is 23.1 Å². The molecule has 2 aromatic carbocycles. The number of rotatable bonds is 12. The van der Waals surface area contributed by atoms with Crippen molar-refractivity contribution in [2.24, 2.45) is 11.1 Å². The minimum absolute atomic E-state index is 0.0164. The second-order valence-electron chi connectivity index (χ2n) is 9.65. The molecule has 5 rings (SSSR count). The zero-order valence-corrected chi connectivity index (χ0v) is 23.2. The van der Waals surface area contributed by atoms with Gasteiger partial charge in [-0.2, -0.15) is 8.78 Å². The number of halogens is 4. The molecule has 0 radical (unpaired) electrons. The van der Waals surface area contributed by atoms with E-state index in [1.54, 1.807) is 0 Å². The molecule has 42 heavy (non-hydrogen) atoms. The molecule has 1 aliphatic carbocycles. The highest BCUT2D eigenvalue weighted by Crippen LogP contribution is 2.40. The van der Waals surface area contributed by atoms with Gasteiger partial charge in [-0.05, 0) is 65.4 Å². The highest BCUT2D eigenvalue weighted by Gasteiger charge is 2.27. The molecule has 0 saturated heterocycles. The van der Waals surface area contributed by atoms with Crippen LogP contribution in [0.25, 0.3) is 10.9 Å². The number of benzene rings is 2. The fraction of sp³-hybridized carbons (Fsp3) is 0.286.